The first-order chi connectivity index (χ1) is 17.4. The molecular formula is C26H23ClN4O5. The highest BCUT2D eigenvalue weighted by Gasteiger charge is 2.40. The van der Waals surface area contributed by atoms with Crippen LogP contribution in [0.2, 0.25) is 5.15 Å². The Bertz CT molecular complexity index is 1400. The standard InChI is InChI=1S/C26H23ClN4O5/c1-15-3-7-17(8-4-15)25(32)34-12-20-19(36-26(33)18-9-5-16(2)6-10-18)11-21(35-20)31-14-30-22-23(27)28-13-29-24(22)31/h3-10,13-14,19-21H,11-12H2,1-2H3/t19-,20+,21?/m0/s1. The smallest absolute Gasteiger partial charge is 0.338 e. The summed E-state index contributed by atoms with van der Waals surface area (Å²) in [4.78, 5) is 37.9. The number of aromatic nitrogens is 4. The quantitative estimate of drug-likeness (QED) is 0.278. The van der Waals surface area contributed by atoms with Crippen LogP contribution in [0.25, 0.3) is 11.2 Å². The number of benzene rings is 2. The molecule has 3 heterocycles. The average Bonchev–Trinajstić information content (AvgIpc) is 3.48. The molecule has 1 fully saturated rings. The normalized spacial score (nSPS) is 19.4. The number of carbonyl (C=O) groups excluding carboxylic acids is 2. The van der Waals surface area contributed by atoms with E-state index in [1.165, 1.54) is 6.33 Å². The van der Waals surface area contributed by atoms with Crippen molar-refractivity contribution in [2.24, 2.45) is 0 Å². The van der Waals surface area contributed by atoms with Crippen molar-refractivity contribution in [3.8, 4) is 0 Å². The van der Waals surface area contributed by atoms with Crippen LogP contribution >= 0.6 is 11.6 Å². The highest BCUT2D eigenvalue weighted by molar-refractivity contribution is 6.33. The molecule has 1 aliphatic heterocycles. The maximum absolute atomic E-state index is 12.9. The van der Waals surface area contributed by atoms with Gasteiger partial charge in [0.2, 0.25) is 0 Å². The van der Waals surface area contributed by atoms with Gasteiger partial charge in [0.25, 0.3) is 0 Å². The third-order valence-corrected chi connectivity index (χ3v) is 6.29. The lowest BCUT2D eigenvalue weighted by Crippen LogP contribution is -2.32. The van der Waals surface area contributed by atoms with Crippen LogP contribution in [0, 0.1) is 13.8 Å². The predicted molar refractivity (Wildman–Crippen MR) is 131 cm³/mol. The number of rotatable bonds is 6. The van der Waals surface area contributed by atoms with Gasteiger partial charge in [-0.2, -0.15) is 0 Å². The van der Waals surface area contributed by atoms with Crippen LogP contribution < -0.4 is 0 Å². The van der Waals surface area contributed by atoms with E-state index in [-0.39, 0.29) is 11.8 Å². The molecule has 0 spiro atoms. The van der Waals surface area contributed by atoms with Gasteiger partial charge in [-0.15, -0.1) is 0 Å². The molecule has 2 aromatic heterocycles. The SMILES string of the molecule is Cc1ccc(C(=O)OC[C@H]2OC(n3cnc4c(Cl)ncnc43)C[C@@H]2OC(=O)c2ccc(C)cc2)cc1. The van der Waals surface area contributed by atoms with Crippen LogP contribution in [0.4, 0.5) is 0 Å². The van der Waals surface area contributed by atoms with E-state index >= 15 is 0 Å². The molecule has 2 aromatic carbocycles. The lowest BCUT2D eigenvalue weighted by Gasteiger charge is -2.19. The number of carbonyl (C=O) groups is 2. The zero-order chi connectivity index (χ0) is 25.2. The first kappa shape index (κ1) is 23.9. The van der Waals surface area contributed by atoms with Crippen LogP contribution in [0.1, 0.15) is 44.5 Å². The summed E-state index contributed by atoms with van der Waals surface area (Å²) >= 11 is 6.14. The van der Waals surface area contributed by atoms with E-state index in [4.69, 9.17) is 25.8 Å². The van der Waals surface area contributed by atoms with Crippen LogP contribution in [-0.4, -0.2) is 50.3 Å². The molecule has 4 aromatic rings. The van der Waals surface area contributed by atoms with E-state index in [1.807, 2.05) is 38.1 Å². The minimum atomic E-state index is -0.700. The number of ether oxygens (including phenoxy) is 3. The molecule has 1 saturated heterocycles. The van der Waals surface area contributed by atoms with Crippen molar-refractivity contribution in [2.45, 2.75) is 38.7 Å². The van der Waals surface area contributed by atoms with Gasteiger partial charge < -0.3 is 14.2 Å². The summed E-state index contributed by atoms with van der Waals surface area (Å²) in [6, 6.07) is 14.2. The van der Waals surface area contributed by atoms with E-state index in [2.05, 4.69) is 15.0 Å². The Hall–Kier alpha value is -3.82. The number of hydrogen-bond acceptors (Lipinski definition) is 8. The fourth-order valence-corrected chi connectivity index (χ4v) is 4.18. The zero-order valence-corrected chi connectivity index (χ0v) is 20.4. The van der Waals surface area contributed by atoms with E-state index in [0.717, 1.165) is 11.1 Å². The molecule has 5 rings (SSSR count). The van der Waals surface area contributed by atoms with Gasteiger partial charge in [-0.05, 0) is 38.1 Å². The zero-order valence-electron chi connectivity index (χ0n) is 19.6. The Labute approximate surface area is 212 Å². The van der Waals surface area contributed by atoms with Gasteiger partial charge in [-0.3, -0.25) is 4.57 Å². The first-order valence-corrected chi connectivity index (χ1v) is 11.8. The van der Waals surface area contributed by atoms with Gasteiger partial charge in [0.05, 0.1) is 17.5 Å². The van der Waals surface area contributed by atoms with Crippen molar-refractivity contribution in [1.82, 2.24) is 19.5 Å². The van der Waals surface area contributed by atoms with Crippen molar-refractivity contribution in [2.75, 3.05) is 6.61 Å². The van der Waals surface area contributed by atoms with Crippen LogP contribution in [-0.2, 0) is 14.2 Å². The van der Waals surface area contributed by atoms with Gasteiger partial charge in [0.1, 0.15) is 36.9 Å². The third-order valence-electron chi connectivity index (χ3n) is 6.02. The first-order valence-electron chi connectivity index (χ1n) is 11.4. The second-order valence-corrected chi connectivity index (χ2v) is 8.99. The number of imidazole rings is 1. The number of fused-ring (bicyclic) bond motifs is 1. The van der Waals surface area contributed by atoms with Crippen molar-refractivity contribution in [1.29, 1.82) is 0 Å². The van der Waals surface area contributed by atoms with E-state index in [0.29, 0.717) is 28.7 Å². The minimum absolute atomic E-state index is 0.0998. The Morgan fingerprint density at radius 2 is 1.61 bits per heavy atom. The fraction of sp³-hybridized carbons (Fsp3) is 0.269. The van der Waals surface area contributed by atoms with Gasteiger partial charge in [0.15, 0.2) is 10.8 Å². The molecule has 0 amide bonds. The van der Waals surface area contributed by atoms with E-state index < -0.39 is 30.4 Å². The van der Waals surface area contributed by atoms with Crippen molar-refractivity contribution in [3.63, 3.8) is 0 Å². The summed E-state index contributed by atoms with van der Waals surface area (Å²) in [6.07, 6.45) is 1.25. The summed E-state index contributed by atoms with van der Waals surface area (Å²) in [5, 5.41) is 0.225. The number of nitrogens with zero attached hydrogens (tertiary/aromatic N) is 4. The fourth-order valence-electron chi connectivity index (χ4n) is 4.01. The number of esters is 2. The number of hydrogen-bond donors (Lipinski definition) is 0. The third kappa shape index (κ3) is 4.93. The number of aryl methyl sites for hydroxylation is 2. The molecule has 0 bridgehead atoms. The topological polar surface area (TPSA) is 105 Å². The van der Waals surface area contributed by atoms with Crippen molar-refractivity contribution < 1.29 is 23.8 Å². The average molecular weight is 507 g/mol. The molecule has 36 heavy (non-hydrogen) atoms. The lowest BCUT2D eigenvalue weighted by molar-refractivity contribution is -0.0563. The molecule has 9 nitrogen and oxygen atoms in total. The van der Waals surface area contributed by atoms with Crippen LogP contribution in [0.3, 0.4) is 0 Å². The van der Waals surface area contributed by atoms with Gasteiger partial charge in [-0.1, -0.05) is 47.0 Å². The maximum atomic E-state index is 12.9. The van der Waals surface area contributed by atoms with Crippen LogP contribution in [0.15, 0.2) is 61.2 Å². The monoisotopic (exact) mass is 506 g/mol. The minimum Gasteiger partial charge on any atom is -0.459 e. The lowest BCUT2D eigenvalue weighted by atomic mass is 10.1. The molecule has 0 saturated carbocycles. The van der Waals surface area contributed by atoms with Crippen molar-refractivity contribution >= 4 is 34.7 Å². The molecule has 10 heteroatoms. The number of halogens is 1. The van der Waals surface area contributed by atoms with E-state index in [1.54, 1.807) is 35.2 Å². The highest BCUT2D eigenvalue weighted by Crippen LogP contribution is 2.34. The Morgan fingerprint density at radius 1 is 0.972 bits per heavy atom. The van der Waals surface area contributed by atoms with Crippen LogP contribution in [0.5, 0.6) is 0 Å². The summed E-state index contributed by atoms with van der Waals surface area (Å²) in [7, 11) is 0. The van der Waals surface area contributed by atoms with Gasteiger partial charge in [-0.25, -0.2) is 24.5 Å². The second kappa shape index (κ2) is 10.0. The summed E-state index contributed by atoms with van der Waals surface area (Å²) < 4.78 is 19.2. The molecule has 1 unspecified atom stereocenters. The molecule has 3 atom stereocenters. The molecule has 0 radical (unpaired) electrons. The second-order valence-electron chi connectivity index (χ2n) is 8.63. The Morgan fingerprint density at radius 3 is 2.28 bits per heavy atom. The van der Waals surface area contributed by atoms with Gasteiger partial charge >= 0.3 is 11.9 Å². The molecular weight excluding hydrogens is 484 g/mol. The summed E-state index contributed by atoms with van der Waals surface area (Å²) in [5.41, 5.74) is 3.84. The largest absolute Gasteiger partial charge is 0.459 e. The van der Waals surface area contributed by atoms with Gasteiger partial charge in [0, 0.05) is 6.42 Å². The van der Waals surface area contributed by atoms with E-state index in [9.17, 15) is 9.59 Å². The van der Waals surface area contributed by atoms with Crippen molar-refractivity contribution in [3.05, 3.63) is 88.6 Å². The summed E-state index contributed by atoms with van der Waals surface area (Å²) in [6.45, 7) is 3.78. The Balaban J connectivity index is 1.36. The molecule has 184 valence electrons. The highest BCUT2D eigenvalue weighted by atomic mass is 35.5. The maximum Gasteiger partial charge on any atom is 0.338 e. The Kier molecular flexibility index (Phi) is 6.67. The molecule has 0 N–H and O–H groups in total. The predicted octanol–water partition coefficient (Wildman–Crippen LogP) is 4.47. The molecule has 1 aliphatic rings. The summed E-state index contributed by atoms with van der Waals surface area (Å²) in [5.74, 6) is -0.974. The molecule has 0 aliphatic carbocycles.